The van der Waals surface area contributed by atoms with Crippen molar-refractivity contribution in [1.29, 1.82) is 0 Å². The average Bonchev–Trinajstić information content (AvgIpc) is 2.48. The highest BCUT2D eigenvalue weighted by Crippen LogP contribution is 2.21. The molecule has 0 aromatic heterocycles. The standard InChI is InChI=1S/C17H20N2OS/c1-12-4-7-15(19-13(2)20)10-17(12)18-11-14-5-8-16(21-3)9-6-14/h4-10,18H,11H2,1-3H3,(H,19,20). The first-order chi connectivity index (χ1) is 10.1. The molecule has 0 saturated heterocycles. The van der Waals surface area contributed by atoms with Gasteiger partial charge in [-0.2, -0.15) is 0 Å². The zero-order valence-corrected chi connectivity index (χ0v) is 13.4. The molecule has 0 unspecified atom stereocenters. The molecule has 3 nitrogen and oxygen atoms in total. The number of anilines is 2. The van der Waals surface area contributed by atoms with E-state index in [2.05, 4.69) is 48.1 Å². The van der Waals surface area contributed by atoms with E-state index in [1.165, 1.54) is 17.4 Å². The summed E-state index contributed by atoms with van der Waals surface area (Å²) >= 11 is 1.74. The highest BCUT2D eigenvalue weighted by atomic mass is 32.2. The number of benzene rings is 2. The minimum absolute atomic E-state index is 0.0579. The predicted molar refractivity (Wildman–Crippen MR) is 91.0 cm³/mol. The first-order valence-electron chi connectivity index (χ1n) is 6.83. The van der Waals surface area contributed by atoms with Crippen molar-refractivity contribution in [3.8, 4) is 0 Å². The van der Waals surface area contributed by atoms with Gasteiger partial charge >= 0.3 is 0 Å². The number of amides is 1. The third-order valence-electron chi connectivity index (χ3n) is 3.20. The third-order valence-corrected chi connectivity index (χ3v) is 3.94. The Morgan fingerprint density at radius 1 is 1.14 bits per heavy atom. The van der Waals surface area contributed by atoms with Crippen LogP contribution in [0.2, 0.25) is 0 Å². The van der Waals surface area contributed by atoms with Crippen LogP contribution in [0.15, 0.2) is 47.4 Å². The number of hydrogen-bond donors (Lipinski definition) is 2. The van der Waals surface area contributed by atoms with E-state index in [0.717, 1.165) is 23.5 Å². The molecule has 110 valence electrons. The Hall–Kier alpha value is -1.94. The molecule has 2 aromatic rings. The van der Waals surface area contributed by atoms with Gasteiger partial charge in [-0.3, -0.25) is 4.79 Å². The van der Waals surface area contributed by atoms with E-state index >= 15 is 0 Å². The van der Waals surface area contributed by atoms with Crippen LogP contribution in [0, 0.1) is 6.92 Å². The molecule has 0 spiro atoms. The summed E-state index contributed by atoms with van der Waals surface area (Å²) in [6.45, 7) is 4.33. The highest BCUT2D eigenvalue weighted by Gasteiger charge is 2.02. The van der Waals surface area contributed by atoms with Gasteiger partial charge in [0.2, 0.25) is 5.91 Å². The Morgan fingerprint density at radius 3 is 2.48 bits per heavy atom. The van der Waals surface area contributed by atoms with E-state index in [1.807, 2.05) is 18.2 Å². The van der Waals surface area contributed by atoms with E-state index in [-0.39, 0.29) is 5.91 Å². The quantitative estimate of drug-likeness (QED) is 0.809. The maximum atomic E-state index is 11.1. The van der Waals surface area contributed by atoms with E-state index in [1.54, 1.807) is 11.8 Å². The Kier molecular flexibility index (Phi) is 5.28. The third kappa shape index (κ3) is 4.53. The van der Waals surface area contributed by atoms with Crippen molar-refractivity contribution in [3.05, 3.63) is 53.6 Å². The van der Waals surface area contributed by atoms with E-state index in [0.29, 0.717) is 0 Å². The van der Waals surface area contributed by atoms with E-state index < -0.39 is 0 Å². The smallest absolute Gasteiger partial charge is 0.221 e. The van der Waals surface area contributed by atoms with Crippen LogP contribution in [0.3, 0.4) is 0 Å². The Bertz CT molecular complexity index is 623. The fourth-order valence-corrected chi connectivity index (χ4v) is 2.44. The SMILES string of the molecule is CSc1ccc(CNc2cc(NC(C)=O)ccc2C)cc1. The summed E-state index contributed by atoms with van der Waals surface area (Å²) in [5.41, 5.74) is 4.24. The normalized spacial score (nSPS) is 10.2. The number of nitrogens with one attached hydrogen (secondary N) is 2. The molecule has 0 bridgehead atoms. The molecular weight excluding hydrogens is 280 g/mol. The van der Waals surface area contributed by atoms with Crippen molar-refractivity contribution in [3.63, 3.8) is 0 Å². The zero-order chi connectivity index (χ0) is 15.2. The van der Waals surface area contributed by atoms with Gasteiger partial charge in [0.05, 0.1) is 0 Å². The lowest BCUT2D eigenvalue weighted by Gasteiger charge is -2.12. The number of carbonyl (C=O) groups excluding carboxylic acids is 1. The molecule has 0 fully saturated rings. The Balaban J connectivity index is 2.05. The van der Waals surface area contributed by atoms with Crippen molar-refractivity contribution in [2.45, 2.75) is 25.3 Å². The molecule has 0 saturated carbocycles. The van der Waals surface area contributed by atoms with Crippen molar-refractivity contribution in [2.75, 3.05) is 16.9 Å². The summed E-state index contributed by atoms with van der Waals surface area (Å²) < 4.78 is 0. The van der Waals surface area contributed by atoms with Crippen LogP contribution in [-0.4, -0.2) is 12.2 Å². The molecule has 1 amide bonds. The van der Waals surface area contributed by atoms with Gasteiger partial charge in [0.25, 0.3) is 0 Å². The first-order valence-corrected chi connectivity index (χ1v) is 8.06. The molecule has 2 rings (SSSR count). The minimum atomic E-state index is -0.0579. The second-order valence-electron chi connectivity index (χ2n) is 4.91. The Labute approximate surface area is 130 Å². The Morgan fingerprint density at radius 2 is 1.86 bits per heavy atom. The van der Waals surface area contributed by atoms with Crippen LogP contribution in [0.5, 0.6) is 0 Å². The van der Waals surface area contributed by atoms with Gasteiger partial charge < -0.3 is 10.6 Å². The number of hydrogen-bond acceptors (Lipinski definition) is 3. The number of carbonyl (C=O) groups is 1. The molecule has 2 N–H and O–H groups in total. The molecule has 21 heavy (non-hydrogen) atoms. The molecule has 0 aliphatic heterocycles. The summed E-state index contributed by atoms with van der Waals surface area (Å²) in [7, 11) is 0. The van der Waals surface area contributed by atoms with Gasteiger partial charge in [-0.15, -0.1) is 11.8 Å². The second-order valence-corrected chi connectivity index (χ2v) is 5.79. The number of rotatable bonds is 5. The van der Waals surface area contributed by atoms with Gasteiger partial charge in [-0.05, 0) is 48.6 Å². The molecule has 0 radical (unpaired) electrons. The van der Waals surface area contributed by atoms with Gasteiger partial charge in [0.1, 0.15) is 0 Å². The number of thioether (sulfide) groups is 1. The van der Waals surface area contributed by atoms with Crippen molar-refractivity contribution in [1.82, 2.24) is 0 Å². The van der Waals surface area contributed by atoms with E-state index in [4.69, 9.17) is 0 Å². The molecule has 0 atom stereocenters. The average molecular weight is 300 g/mol. The van der Waals surface area contributed by atoms with E-state index in [9.17, 15) is 4.79 Å². The van der Waals surface area contributed by atoms with Gasteiger partial charge in [-0.25, -0.2) is 0 Å². The summed E-state index contributed by atoms with van der Waals surface area (Å²) in [5, 5.41) is 6.23. The van der Waals surface area contributed by atoms with Crippen LogP contribution < -0.4 is 10.6 Å². The lowest BCUT2D eigenvalue weighted by atomic mass is 10.1. The van der Waals surface area contributed by atoms with Crippen molar-refractivity contribution >= 4 is 29.0 Å². The first kappa shape index (κ1) is 15.4. The van der Waals surface area contributed by atoms with Crippen LogP contribution in [0.25, 0.3) is 0 Å². The topological polar surface area (TPSA) is 41.1 Å². The maximum absolute atomic E-state index is 11.1. The fraction of sp³-hybridized carbons (Fsp3) is 0.235. The summed E-state index contributed by atoms with van der Waals surface area (Å²) in [5.74, 6) is -0.0579. The van der Waals surface area contributed by atoms with Crippen LogP contribution in [-0.2, 0) is 11.3 Å². The minimum Gasteiger partial charge on any atom is -0.381 e. The summed E-state index contributed by atoms with van der Waals surface area (Å²) in [6, 6.07) is 14.4. The lowest BCUT2D eigenvalue weighted by molar-refractivity contribution is -0.114. The number of aryl methyl sites for hydroxylation is 1. The van der Waals surface area contributed by atoms with Crippen molar-refractivity contribution < 1.29 is 4.79 Å². The highest BCUT2D eigenvalue weighted by molar-refractivity contribution is 7.98. The predicted octanol–water partition coefficient (Wildman–Crippen LogP) is 4.29. The maximum Gasteiger partial charge on any atom is 0.221 e. The lowest BCUT2D eigenvalue weighted by Crippen LogP contribution is -2.07. The summed E-state index contributed by atoms with van der Waals surface area (Å²) in [4.78, 5) is 12.4. The summed E-state index contributed by atoms with van der Waals surface area (Å²) in [6.07, 6.45) is 2.07. The van der Waals surface area contributed by atoms with Gasteiger partial charge in [-0.1, -0.05) is 18.2 Å². The molecule has 4 heteroatoms. The molecule has 2 aromatic carbocycles. The zero-order valence-electron chi connectivity index (χ0n) is 12.6. The van der Waals surface area contributed by atoms with Crippen molar-refractivity contribution in [2.24, 2.45) is 0 Å². The molecular formula is C17H20N2OS. The van der Waals surface area contributed by atoms with Crippen LogP contribution >= 0.6 is 11.8 Å². The fourth-order valence-electron chi connectivity index (χ4n) is 2.03. The monoisotopic (exact) mass is 300 g/mol. The van der Waals surface area contributed by atoms with Gasteiger partial charge in [0.15, 0.2) is 0 Å². The van der Waals surface area contributed by atoms with Crippen LogP contribution in [0.1, 0.15) is 18.1 Å². The second kappa shape index (κ2) is 7.18. The molecule has 0 aliphatic rings. The van der Waals surface area contributed by atoms with Crippen LogP contribution in [0.4, 0.5) is 11.4 Å². The van der Waals surface area contributed by atoms with Gasteiger partial charge in [0, 0.05) is 29.7 Å². The molecule has 0 heterocycles. The molecule has 0 aliphatic carbocycles. The largest absolute Gasteiger partial charge is 0.381 e.